The van der Waals surface area contributed by atoms with E-state index in [0.717, 1.165) is 28.0 Å². The fourth-order valence-electron chi connectivity index (χ4n) is 3.56. The number of nitrogens with one attached hydrogen (secondary N) is 1. The summed E-state index contributed by atoms with van der Waals surface area (Å²) in [6.07, 6.45) is 0. The molecule has 1 N–H and O–H groups in total. The molecule has 0 spiro atoms. The summed E-state index contributed by atoms with van der Waals surface area (Å²) in [4.78, 5) is 36.9. The van der Waals surface area contributed by atoms with Crippen LogP contribution in [-0.4, -0.2) is 18.5 Å². The summed E-state index contributed by atoms with van der Waals surface area (Å²) in [7, 11) is 0. The van der Waals surface area contributed by atoms with Crippen LogP contribution in [0.2, 0.25) is 0 Å². The molecule has 0 aliphatic heterocycles. The van der Waals surface area contributed by atoms with Gasteiger partial charge in [-0.3, -0.25) is 9.59 Å². The molecule has 0 unspecified atom stereocenters. The number of fused-ring (bicyclic) bond motifs is 2. The van der Waals surface area contributed by atoms with E-state index in [1.807, 2.05) is 56.3 Å². The first kappa shape index (κ1) is 20.3. The zero-order valence-corrected chi connectivity index (χ0v) is 17.2. The Morgan fingerprint density at radius 1 is 1.00 bits per heavy atom. The minimum atomic E-state index is -0.868. The summed E-state index contributed by atoms with van der Waals surface area (Å²) in [5.41, 5.74) is 1.82. The van der Waals surface area contributed by atoms with Crippen molar-refractivity contribution in [3.63, 3.8) is 0 Å². The molecular weight excluding hydrogens is 394 g/mol. The van der Waals surface area contributed by atoms with Crippen LogP contribution < -0.4 is 10.7 Å². The quantitative estimate of drug-likeness (QED) is 0.492. The molecule has 6 nitrogen and oxygen atoms in total. The lowest BCUT2D eigenvalue weighted by atomic mass is 10.00. The van der Waals surface area contributed by atoms with Crippen molar-refractivity contribution in [1.82, 2.24) is 5.32 Å². The Labute approximate surface area is 178 Å². The van der Waals surface area contributed by atoms with Crippen LogP contribution in [0.5, 0.6) is 0 Å². The van der Waals surface area contributed by atoms with Crippen molar-refractivity contribution in [3.8, 4) is 0 Å². The summed E-state index contributed by atoms with van der Waals surface area (Å²) < 4.78 is 10.5. The molecule has 4 aromatic rings. The summed E-state index contributed by atoms with van der Waals surface area (Å²) >= 11 is 0. The Kier molecular flexibility index (Phi) is 5.54. The molecule has 1 aromatic heterocycles. The molecule has 0 bridgehead atoms. The van der Waals surface area contributed by atoms with Gasteiger partial charge in [0.1, 0.15) is 5.58 Å². The molecule has 1 atom stereocenters. The van der Waals surface area contributed by atoms with Crippen LogP contribution in [0.25, 0.3) is 21.7 Å². The molecule has 0 aliphatic rings. The third kappa shape index (κ3) is 4.33. The maximum atomic E-state index is 12.3. The van der Waals surface area contributed by atoms with Gasteiger partial charge in [-0.25, -0.2) is 4.79 Å². The minimum absolute atomic E-state index is 0.240. The Hall–Kier alpha value is -3.93. The average Bonchev–Trinajstić information content (AvgIpc) is 2.77. The number of carbonyl (C=O) groups excluding carboxylic acids is 2. The van der Waals surface area contributed by atoms with Gasteiger partial charge in [-0.2, -0.15) is 0 Å². The van der Waals surface area contributed by atoms with Gasteiger partial charge in [0.25, 0.3) is 5.91 Å². The maximum Gasteiger partial charge on any atom is 0.374 e. The monoisotopic (exact) mass is 415 g/mol. The highest BCUT2D eigenvalue weighted by Crippen LogP contribution is 2.24. The predicted octanol–water partition coefficient (Wildman–Crippen LogP) is 4.29. The normalized spacial score (nSPS) is 11.9. The second kappa shape index (κ2) is 8.44. The number of ether oxygens (including phenoxy) is 1. The van der Waals surface area contributed by atoms with Gasteiger partial charge >= 0.3 is 5.97 Å². The third-order valence-corrected chi connectivity index (χ3v) is 5.09. The summed E-state index contributed by atoms with van der Waals surface area (Å²) in [5, 5.41) is 5.34. The van der Waals surface area contributed by atoms with Gasteiger partial charge in [-0.15, -0.1) is 0 Å². The molecule has 4 rings (SSSR count). The van der Waals surface area contributed by atoms with Gasteiger partial charge < -0.3 is 14.5 Å². The van der Waals surface area contributed by atoms with Gasteiger partial charge in [0, 0.05) is 6.07 Å². The number of amides is 1. The van der Waals surface area contributed by atoms with Crippen LogP contribution in [0.3, 0.4) is 0 Å². The van der Waals surface area contributed by atoms with E-state index < -0.39 is 18.5 Å². The Bertz CT molecular complexity index is 1350. The van der Waals surface area contributed by atoms with Crippen LogP contribution in [0.1, 0.15) is 34.6 Å². The van der Waals surface area contributed by atoms with Crippen LogP contribution in [0.15, 0.2) is 75.9 Å². The highest BCUT2D eigenvalue weighted by atomic mass is 16.5. The summed E-state index contributed by atoms with van der Waals surface area (Å²) in [6.45, 7) is 3.24. The van der Waals surface area contributed by atoms with E-state index >= 15 is 0 Å². The molecule has 0 radical (unpaired) electrons. The van der Waals surface area contributed by atoms with Crippen molar-refractivity contribution in [3.05, 3.63) is 93.8 Å². The van der Waals surface area contributed by atoms with E-state index in [-0.39, 0.29) is 17.2 Å². The van der Waals surface area contributed by atoms with Crippen LogP contribution in [0.4, 0.5) is 0 Å². The van der Waals surface area contributed by atoms with E-state index in [1.54, 1.807) is 18.2 Å². The molecule has 1 heterocycles. The number of rotatable bonds is 5. The van der Waals surface area contributed by atoms with E-state index in [1.165, 1.54) is 0 Å². The molecule has 0 aliphatic carbocycles. The number of hydrogen-bond donors (Lipinski definition) is 1. The van der Waals surface area contributed by atoms with Gasteiger partial charge in [-0.05, 0) is 42.3 Å². The SMILES string of the molecule is Cc1ccc2oc(C(=O)OCC(=O)N[C@H](C)c3cccc4ccccc34)cc(=O)c2c1. The summed E-state index contributed by atoms with van der Waals surface area (Å²) in [5.74, 6) is -1.56. The lowest BCUT2D eigenvalue weighted by molar-refractivity contribution is -0.124. The van der Waals surface area contributed by atoms with Crippen LogP contribution in [-0.2, 0) is 9.53 Å². The van der Waals surface area contributed by atoms with E-state index in [2.05, 4.69) is 5.32 Å². The highest BCUT2D eigenvalue weighted by Gasteiger charge is 2.17. The largest absolute Gasteiger partial charge is 0.450 e. The number of aryl methyl sites for hydroxylation is 1. The maximum absolute atomic E-state index is 12.3. The zero-order valence-electron chi connectivity index (χ0n) is 17.2. The molecular formula is C25H21NO5. The smallest absolute Gasteiger partial charge is 0.374 e. The number of esters is 1. The van der Waals surface area contributed by atoms with Crippen molar-refractivity contribution in [2.45, 2.75) is 19.9 Å². The molecule has 3 aromatic carbocycles. The van der Waals surface area contributed by atoms with Gasteiger partial charge in [0.2, 0.25) is 5.76 Å². The first-order valence-corrected chi connectivity index (χ1v) is 9.91. The zero-order chi connectivity index (χ0) is 22.0. The van der Waals surface area contributed by atoms with E-state index in [0.29, 0.717) is 11.0 Å². The molecule has 31 heavy (non-hydrogen) atoms. The van der Waals surface area contributed by atoms with E-state index in [9.17, 15) is 14.4 Å². The second-order valence-electron chi connectivity index (χ2n) is 7.41. The van der Waals surface area contributed by atoms with Crippen molar-refractivity contribution in [2.24, 2.45) is 0 Å². The Balaban J connectivity index is 1.42. The lowest BCUT2D eigenvalue weighted by Crippen LogP contribution is -2.31. The van der Waals surface area contributed by atoms with Gasteiger partial charge in [0.15, 0.2) is 12.0 Å². The molecule has 1 amide bonds. The first-order valence-electron chi connectivity index (χ1n) is 9.91. The molecule has 6 heteroatoms. The van der Waals surface area contributed by atoms with Crippen molar-refractivity contribution >= 4 is 33.6 Å². The number of benzene rings is 3. The third-order valence-electron chi connectivity index (χ3n) is 5.09. The van der Waals surface area contributed by atoms with Crippen LogP contribution >= 0.6 is 0 Å². The fraction of sp³-hybridized carbons (Fsp3) is 0.160. The molecule has 0 saturated carbocycles. The van der Waals surface area contributed by atoms with Gasteiger partial charge in [-0.1, -0.05) is 54.1 Å². The van der Waals surface area contributed by atoms with Crippen LogP contribution in [0, 0.1) is 6.92 Å². The Morgan fingerprint density at radius 3 is 2.61 bits per heavy atom. The molecule has 0 fully saturated rings. The number of carbonyl (C=O) groups is 2. The van der Waals surface area contributed by atoms with Crippen molar-refractivity contribution < 1.29 is 18.7 Å². The Morgan fingerprint density at radius 2 is 1.77 bits per heavy atom. The predicted molar refractivity (Wildman–Crippen MR) is 118 cm³/mol. The van der Waals surface area contributed by atoms with E-state index in [4.69, 9.17) is 9.15 Å². The van der Waals surface area contributed by atoms with Crippen molar-refractivity contribution in [2.75, 3.05) is 6.61 Å². The minimum Gasteiger partial charge on any atom is -0.450 e. The lowest BCUT2D eigenvalue weighted by Gasteiger charge is -2.16. The number of hydrogen-bond acceptors (Lipinski definition) is 5. The van der Waals surface area contributed by atoms with Crippen molar-refractivity contribution in [1.29, 1.82) is 0 Å². The first-order chi connectivity index (χ1) is 14.9. The topological polar surface area (TPSA) is 85.6 Å². The highest BCUT2D eigenvalue weighted by molar-refractivity contribution is 5.91. The standard InChI is InChI=1S/C25H21NO5/c1-15-10-11-22-20(12-15)21(27)13-23(31-22)25(29)30-14-24(28)26-16(2)18-9-5-7-17-6-3-4-8-19(17)18/h3-13,16H,14H2,1-2H3,(H,26,28)/t16-/m1/s1. The average molecular weight is 415 g/mol. The fourth-order valence-corrected chi connectivity index (χ4v) is 3.56. The van der Waals surface area contributed by atoms with Gasteiger partial charge in [0.05, 0.1) is 11.4 Å². The molecule has 156 valence electrons. The second-order valence-corrected chi connectivity index (χ2v) is 7.41. The summed E-state index contributed by atoms with van der Waals surface area (Å²) in [6, 6.07) is 19.7. The molecule has 0 saturated heterocycles.